The first-order chi connectivity index (χ1) is 43.5. The zero-order valence-corrected chi connectivity index (χ0v) is 48.5. The fraction of sp³-hybridized carbons (Fsp3) is 0.960. The number of ether oxygens (including phenoxy) is 14. The molecular formula is C50H85NO41. The first-order valence-electron chi connectivity index (χ1n) is 28.9. The summed E-state index contributed by atoms with van der Waals surface area (Å²) < 4.78 is 80.1. The van der Waals surface area contributed by atoms with Gasteiger partial charge in [-0.1, -0.05) is 0 Å². The number of rotatable bonds is 27. The monoisotopic (exact) mass is 1360 g/mol. The summed E-state index contributed by atoms with van der Waals surface area (Å²) in [7, 11) is 0. The SMILES string of the molecule is CC(=O)N[C@@H](C=O)[C@@H](O)[C@H](O[C@@H]1O[C@H](CO[C@H]2O[C@H](CO[C@H]3O[C@H](CO)[C@@H](O)[C@H](O)[C@@H]3O)[C@@H](O)[C@H](O[C@H]3O[C@H](CO)[C@@H](O)[C@H](O)[C@@H]3O)[C@@H]2O)[C@@H](O)[C@H](O[C@H]2O[C@H](CO)[C@@H](O)[C@H](O)[C@@H]2O[C@H]2O[C@H](CO)[C@@H](O)[C@H](O)[C@@H]2O[C@H]2O[C@H](CO)[C@@H](O)[C@H](O)[C@@H]2O)[C@@H]1O)[C@H](O)CO. The van der Waals surface area contributed by atoms with Crippen LogP contribution in [-0.2, 0) is 75.9 Å². The van der Waals surface area contributed by atoms with Gasteiger partial charge in [0.15, 0.2) is 44.0 Å². The van der Waals surface area contributed by atoms with Crippen LogP contribution in [-0.4, -0.2) is 432 Å². The minimum absolute atomic E-state index is 0.0179. The maximum absolute atomic E-state index is 12.2. The van der Waals surface area contributed by atoms with Crippen molar-refractivity contribution in [1.29, 1.82) is 0 Å². The molecule has 0 aromatic heterocycles. The zero-order chi connectivity index (χ0) is 68.1. The lowest BCUT2D eigenvalue weighted by Crippen LogP contribution is -2.68. The number of hydrogen-bond donors (Lipinski definition) is 26. The molecule has 7 saturated heterocycles. The average molecular weight is 1360 g/mol. The van der Waals surface area contributed by atoms with E-state index in [1.807, 2.05) is 0 Å². The van der Waals surface area contributed by atoms with Gasteiger partial charge in [-0.3, -0.25) is 4.79 Å². The summed E-state index contributed by atoms with van der Waals surface area (Å²) in [4.78, 5) is 24.2. The van der Waals surface area contributed by atoms with Gasteiger partial charge in [-0.25, -0.2) is 0 Å². The number of hydrogen-bond acceptors (Lipinski definition) is 41. The Morgan fingerprint density at radius 3 is 1.07 bits per heavy atom. The number of amides is 1. The third-order valence-electron chi connectivity index (χ3n) is 16.6. The predicted octanol–water partition coefficient (Wildman–Crippen LogP) is -18.5. The molecule has 0 aromatic rings. The van der Waals surface area contributed by atoms with Crippen molar-refractivity contribution < 1.29 is 204 Å². The van der Waals surface area contributed by atoms with Crippen LogP contribution in [0.3, 0.4) is 0 Å². The van der Waals surface area contributed by atoms with Gasteiger partial charge in [0.2, 0.25) is 5.91 Å². The molecule has 0 unspecified atom stereocenters. The van der Waals surface area contributed by atoms with Crippen molar-refractivity contribution in [2.24, 2.45) is 0 Å². The smallest absolute Gasteiger partial charge is 0.217 e. The summed E-state index contributed by atoms with van der Waals surface area (Å²) in [5, 5.41) is 273. The lowest BCUT2D eigenvalue weighted by atomic mass is 9.95. The van der Waals surface area contributed by atoms with Crippen LogP contribution in [0, 0.1) is 0 Å². The van der Waals surface area contributed by atoms with Gasteiger partial charge in [0.1, 0.15) is 202 Å². The molecule has 39 atom stereocenters. The van der Waals surface area contributed by atoms with Gasteiger partial charge in [-0.05, 0) is 0 Å². The largest absolute Gasteiger partial charge is 0.394 e. The second-order valence-electron chi connectivity index (χ2n) is 22.8. The summed E-state index contributed by atoms with van der Waals surface area (Å²) in [6, 6.07) is -1.95. The van der Waals surface area contributed by atoms with E-state index >= 15 is 0 Å². The summed E-state index contributed by atoms with van der Waals surface area (Å²) in [5.74, 6) is -0.926. The highest BCUT2D eigenvalue weighted by atomic mass is 16.8. The van der Waals surface area contributed by atoms with Crippen LogP contribution in [0.15, 0.2) is 0 Å². The highest BCUT2D eigenvalue weighted by Gasteiger charge is 2.59. The van der Waals surface area contributed by atoms with Gasteiger partial charge in [0.05, 0.1) is 52.9 Å². The third-order valence-corrected chi connectivity index (χ3v) is 16.6. The molecule has 0 bridgehead atoms. The molecule has 7 rings (SSSR count). The number of aliphatic hydroxyl groups is 25. The van der Waals surface area contributed by atoms with Crippen LogP contribution < -0.4 is 5.32 Å². The van der Waals surface area contributed by atoms with Crippen molar-refractivity contribution in [2.45, 2.75) is 246 Å². The maximum Gasteiger partial charge on any atom is 0.217 e. The van der Waals surface area contributed by atoms with Crippen molar-refractivity contribution in [2.75, 3.05) is 52.9 Å². The van der Waals surface area contributed by atoms with Crippen LogP contribution in [0.4, 0.5) is 0 Å². The Morgan fingerprint density at radius 2 is 0.685 bits per heavy atom. The van der Waals surface area contributed by atoms with E-state index in [-0.39, 0.29) is 6.29 Å². The molecule has 536 valence electrons. The number of carbonyl (C=O) groups is 2. The van der Waals surface area contributed by atoms with Crippen molar-refractivity contribution in [3.63, 3.8) is 0 Å². The van der Waals surface area contributed by atoms with Crippen molar-refractivity contribution in [3.05, 3.63) is 0 Å². The van der Waals surface area contributed by atoms with E-state index in [4.69, 9.17) is 66.3 Å². The lowest BCUT2D eigenvalue weighted by Gasteiger charge is -2.50. The van der Waals surface area contributed by atoms with Gasteiger partial charge in [0, 0.05) is 6.92 Å². The molecule has 7 aliphatic heterocycles. The first-order valence-corrected chi connectivity index (χ1v) is 28.9. The average Bonchev–Trinajstić information content (AvgIpc) is 0.784. The van der Waals surface area contributed by atoms with E-state index in [1.54, 1.807) is 0 Å². The molecule has 7 fully saturated rings. The summed E-state index contributed by atoms with van der Waals surface area (Å²) in [5.41, 5.74) is 0. The van der Waals surface area contributed by atoms with E-state index in [9.17, 15) is 137 Å². The second-order valence-corrected chi connectivity index (χ2v) is 22.8. The van der Waals surface area contributed by atoms with Crippen LogP contribution in [0.2, 0.25) is 0 Å². The second kappa shape index (κ2) is 33.9. The molecule has 1 amide bonds. The molecule has 0 saturated carbocycles. The first kappa shape index (κ1) is 76.9. The highest BCUT2D eigenvalue weighted by molar-refractivity contribution is 5.77. The highest BCUT2D eigenvalue weighted by Crippen LogP contribution is 2.38. The Hall–Kier alpha value is -2.42. The van der Waals surface area contributed by atoms with Gasteiger partial charge >= 0.3 is 0 Å². The summed E-state index contributed by atoms with van der Waals surface area (Å²) in [6.07, 6.45) is -81.0. The summed E-state index contributed by atoms with van der Waals surface area (Å²) in [6.45, 7) is -7.73. The standard InChI is InChI=1S/C50H85NO41/c1-11(59)51-12(2-52)21(61)39(13(60)3-53)88-48-38(78)41(90-49-43(33(73)26(66)17(7-57)84-49)92-50-42(32(72)25(65)18(8-58)85-50)91-47-36(76)31(71)24(64)16(6-56)83-47)28(68)20(87-48)10-80-45-37(77)40(89-46-35(75)30(70)23(63)15(5-55)82-46)27(67)19(86-45)9-79-44-34(74)29(69)22(62)14(4-54)81-44/h2,12-50,53-58,60-78H,3-10H2,1H3,(H,51,59)/t12-,13+,14+,15+,16+,17+,18+,19+,20+,21+,22+,23+,24+,25+,26+,27+,28+,29-,30-,31-,32-,33-,34-,35-,36-,37-,38-,39+,40-,41-,42-,43-,44-,45-,46+,47+,48-,49+,50+/m0/s1. The van der Waals surface area contributed by atoms with Crippen LogP contribution in [0.25, 0.3) is 0 Å². The molecule has 0 spiro atoms. The maximum atomic E-state index is 12.2. The Labute approximate surface area is 519 Å². The number of carbonyl (C=O) groups excluding carboxylic acids is 2. The fourth-order valence-corrected chi connectivity index (χ4v) is 11.1. The number of nitrogens with one attached hydrogen (secondary N) is 1. The molecule has 92 heavy (non-hydrogen) atoms. The molecular weight excluding hydrogens is 1270 g/mol. The van der Waals surface area contributed by atoms with Gasteiger partial charge in [0.25, 0.3) is 0 Å². The minimum atomic E-state index is -2.56. The topological polar surface area (TPSA) is 681 Å². The molecule has 0 radical (unpaired) electrons. The zero-order valence-electron chi connectivity index (χ0n) is 48.5. The van der Waals surface area contributed by atoms with Crippen molar-refractivity contribution in [3.8, 4) is 0 Å². The van der Waals surface area contributed by atoms with E-state index in [2.05, 4.69) is 5.32 Å². The quantitative estimate of drug-likeness (QED) is 0.0340. The molecule has 7 aliphatic rings. The third kappa shape index (κ3) is 16.8. The number of aldehydes is 1. The Bertz CT molecular complexity index is 2240. The Balaban J connectivity index is 1.23. The molecule has 0 aromatic carbocycles. The fourth-order valence-electron chi connectivity index (χ4n) is 11.1. The normalized spacial score (nSPS) is 48.5. The van der Waals surface area contributed by atoms with Gasteiger partial charge < -0.3 is 204 Å². The minimum Gasteiger partial charge on any atom is -0.394 e. The molecule has 42 heteroatoms. The van der Waals surface area contributed by atoms with E-state index in [0.29, 0.717) is 0 Å². The van der Waals surface area contributed by atoms with Gasteiger partial charge in [-0.15, -0.1) is 0 Å². The van der Waals surface area contributed by atoms with Crippen LogP contribution in [0.5, 0.6) is 0 Å². The van der Waals surface area contributed by atoms with Crippen LogP contribution in [0.1, 0.15) is 6.92 Å². The van der Waals surface area contributed by atoms with Crippen molar-refractivity contribution in [1.82, 2.24) is 5.32 Å². The van der Waals surface area contributed by atoms with Crippen molar-refractivity contribution >= 4 is 12.2 Å². The summed E-state index contributed by atoms with van der Waals surface area (Å²) >= 11 is 0. The van der Waals surface area contributed by atoms with E-state index in [1.165, 1.54) is 0 Å². The molecule has 42 nitrogen and oxygen atoms in total. The molecule has 26 N–H and O–H groups in total. The van der Waals surface area contributed by atoms with E-state index < -0.39 is 298 Å². The molecule has 7 heterocycles. The Kier molecular flexibility index (Phi) is 28.3. The number of aliphatic hydroxyl groups excluding tert-OH is 25. The van der Waals surface area contributed by atoms with Gasteiger partial charge in [-0.2, -0.15) is 0 Å². The van der Waals surface area contributed by atoms with Crippen LogP contribution >= 0.6 is 0 Å². The Morgan fingerprint density at radius 1 is 0.380 bits per heavy atom. The molecule has 0 aliphatic carbocycles. The lowest BCUT2D eigenvalue weighted by molar-refractivity contribution is -0.406. The van der Waals surface area contributed by atoms with E-state index in [0.717, 1.165) is 6.92 Å². The predicted molar refractivity (Wildman–Crippen MR) is 277 cm³/mol.